The fourth-order valence-electron chi connectivity index (χ4n) is 1.51. The second kappa shape index (κ2) is 4.63. The van der Waals surface area contributed by atoms with Gasteiger partial charge in [0, 0.05) is 11.3 Å². The minimum Gasteiger partial charge on any atom is -0.399 e. The Kier molecular flexibility index (Phi) is 3.35. The third-order valence-electron chi connectivity index (χ3n) is 2.31. The molecule has 0 spiro atoms. The van der Waals surface area contributed by atoms with E-state index in [4.69, 9.17) is 17.3 Å². The molecule has 2 aromatic carbocycles. The van der Waals surface area contributed by atoms with Crippen LogP contribution in [-0.4, -0.2) is 0 Å². The average Bonchev–Trinajstić information content (AvgIpc) is 2.27. The largest absolute Gasteiger partial charge is 0.399 e. The van der Waals surface area contributed by atoms with Crippen LogP contribution in [0.2, 0.25) is 5.02 Å². The molecule has 2 rings (SSSR count). The first-order valence-corrected chi connectivity index (χ1v) is 5.86. The van der Waals surface area contributed by atoms with E-state index in [1.54, 1.807) is 6.07 Å². The molecule has 0 aliphatic carbocycles. The summed E-state index contributed by atoms with van der Waals surface area (Å²) in [6.45, 7) is 0. The topological polar surface area (TPSA) is 26.0 Å². The highest BCUT2D eigenvalue weighted by Crippen LogP contribution is 2.35. The lowest BCUT2D eigenvalue weighted by molar-refractivity contribution is 0.585. The van der Waals surface area contributed by atoms with Crippen molar-refractivity contribution in [3.05, 3.63) is 51.5 Å². The lowest BCUT2D eigenvalue weighted by atomic mass is 10.0. The Hall–Kier alpha value is -1.13. The summed E-state index contributed by atoms with van der Waals surface area (Å²) < 4.78 is 27.7. The van der Waals surface area contributed by atoms with Crippen molar-refractivity contribution in [3.63, 3.8) is 0 Å². The molecule has 5 heteroatoms. The van der Waals surface area contributed by atoms with Crippen molar-refractivity contribution in [1.82, 2.24) is 0 Å². The van der Waals surface area contributed by atoms with Crippen LogP contribution in [0.1, 0.15) is 0 Å². The molecule has 1 nitrogen and oxygen atoms in total. The van der Waals surface area contributed by atoms with Gasteiger partial charge in [0.05, 0.1) is 15.1 Å². The van der Waals surface area contributed by atoms with Crippen molar-refractivity contribution < 1.29 is 8.78 Å². The summed E-state index contributed by atoms with van der Waals surface area (Å²) in [6.07, 6.45) is 0. The Morgan fingerprint density at radius 1 is 1.12 bits per heavy atom. The van der Waals surface area contributed by atoms with E-state index in [1.165, 1.54) is 24.3 Å². The monoisotopic (exact) mass is 317 g/mol. The van der Waals surface area contributed by atoms with Gasteiger partial charge in [-0.3, -0.25) is 0 Å². The predicted octanol–water partition coefficient (Wildman–Crippen LogP) is 4.63. The molecule has 0 aliphatic heterocycles. The molecule has 0 unspecified atom stereocenters. The molecule has 0 fully saturated rings. The maximum absolute atomic E-state index is 13.9. The highest BCUT2D eigenvalue weighted by molar-refractivity contribution is 9.10. The van der Waals surface area contributed by atoms with E-state index in [1.807, 2.05) is 0 Å². The second-order valence-electron chi connectivity index (χ2n) is 3.46. The molecule has 0 radical (unpaired) electrons. The predicted molar refractivity (Wildman–Crippen MR) is 68.9 cm³/mol. The fourth-order valence-corrected chi connectivity index (χ4v) is 2.12. The van der Waals surface area contributed by atoms with Gasteiger partial charge in [-0.1, -0.05) is 17.7 Å². The van der Waals surface area contributed by atoms with E-state index in [9.17, 15) is 8.78 Å². The van der Waals surface area contributed by atoms with Crippen molar-refractivity contribution in [2.75, 3.05) is 5.73 Å². The van der Waals surface area contributed by atoms with Gasteiger partial charge in [-0.25, -0.2) is 8.78 Å². The second-order valence-corrected chi connectivity index (χ2v) is 4.72. The summed E-state index contributed by atoms with van der Waals surface area (Å²) in [6, 6.07) is 6.97. The quantitative estimate of drug-likeness (QED) is 0.602. The van der Waals surface area contributed by atoms with Gasteiger partial charge in [0.15, 0.2) is 0 Å². The summed E-state index contributed by atoms with van der Waals surface area (Å²) in [5.41, 5.74) is 6.08. The van der Waals surface area contributed by atoms with Crippen molar-refractivity contribution in [2.45, 2.75) is 0 Å². The van der Waals surface area contributed by atoms with Gasteiger partial charge in [0.2, 0.25) is 0 Å². The average molecular weight is 319 g/mol. The molecule has 17 heavy (non-hydrogen) atoms. The van der Waals surface area contributed by atoms with E-state index in [0.29, 0.717) is 5.69 Å². The third-order valence-corrected chi connectivity index (χ3v) is 3.23. The number of rotatable bonds is 1. The van der Waals surface area contributed by atoms with Gasteiger partial charge in [-0.2, -0.15) is 0 Å². The minimum absolute atomic E-state index is 0.163. The van der Waals surface area contributed by atoms with Crippen LogP contribution in [0.3, 0.4) is 0 Å². The molecule has 0 aliphatic rings. The normalized spacial score (nSPS) is 10.6. The highest BCUT2D eigenvalue weighted by atomic mass is 79.9. The number of nitrogens with two attached hydrogens (primary N) is 1. The van der Waals surface area contributed by atoms with E-state index in [2.05, 4.69) is 15.9 Å². The van der Waals surface area contributed by atoms with E-state index < -0.39 is 11.6 Å². The Morgan fingerprint density at radius 3 is 2.47 bits per heavy atom. The fraction of sp³-hybridized carbons (Fsp3) is 0. The van der Waals surface area contributed by atoms with Crippen LogP contribution in [0.25, 0.3) is 11.1 Å². The number of hydrogen-bond donors (Lipinski definition) is 1. The number of anilines is 1. The maximum Gasteiger partial charge on any atom is 0.148 e. The Labute approximate surface area is 110 Å². The molecule has 0 aromatic heterocycles. The molecular formula is C12H7BrClF2N. The number of hydrogen-bond acceptors (Lipinski definition) is 1. The van der Waals surface area contributed by atoms with Crippen LogP contribution in [0.15, 0.2) is 34.8 Å². The summed E-state index contributed by atoms with van der Waals surface area (Å²) in [5.74, 6) is -1.35. The number of nitrogen functional groups attached to an aromatic ring is 1. The summed E-state index contributed by atoms with van der Waals surface area (Å²) in [5, 5.41) is 0.209. The van der Waals surface area contributed by atoms with Crippen LogP contribution >= 0.6 is 27.5 Å². The molecule has 0 amide bonds. The lowest BCUT2D eigenvalue weighted by Crippen LogP contribution is -1.93. The number of benzene rings is 2. The molecular weight excluding hydrogens is 311 g/mol. The Morgan fingerprint density at radius 2 is 1.82 bits per heavy atom. The summed E-state index contributed by atoms with van der Waals surface area (Å²) >= 11 is 8.94. The first-order chi connectivity index (χ1) is 8.00. The molecule has 0 saturated heterocycles. The zero-order valence-electron chi connectivity index (χ0n) is 8.48. The zero-order valence-corrected chi connectivity index (χ0v) is 10.8. The Balaban J connectivity index is 2.72. The molecule has 88 valence electrons. The van der Waals surface area contributed by atoms with E-state index in [-0.39, 0.29) is 20.6 Å². The number of halogens is 4. The highest BCUT2D eigenvalue weighted by Gasteiger charge is 2.16. The molecule has 2 N–H and O–H groups in total. The first kappa shape index (κ1) is 12.3. The van der Waals surface area contributed by atoms with Crippen LogP contribution in [0, 0.1) is 11.6 Å². The van der Waals surface area contributed by atoms with Crippen LogP contribution in [0.5, 0.6) is 0 Å². The SMILES string of the molecule is Nc1ccc(-c2c(F)ccc(Br)c2F)c(Cl)c1. The van der Waals surface area contributed by atoms with Crippen molar-refractivity contribution in [1.29, 1.82) is 0 Å². The van der Waals surface area contributed by atoms with Crippen LogP contribution < -0.4 is 5.73 Å². The minimum atomic E-state index is -0.684. The van der Waals surface area contributed by atoms with Crippen molar-refractivity contribution >= 4 is 33.2 Å². The van der Waals surface area contributed by atoms with Gasteiger partial charge in [0.1, 0.15) is 11.6 Å². The summed E-state index contributed by atoms with van der Waals surface area (Å²) in [4.78, 5) is 0. The standard InChI is InChI=1S/C12H7BrClF2N/c13-8-3-4-10(15)11(12(8)16)7-2-1-6(17)5-9(7)14/h1-5H,17H2. The van der Waals surface area contributed by atoms with Gasteiger partial charge in [-0.15, -0.1) is 0 Å². The maximum atomic E-state index is 13.9. The zero-order chi connectivity index (χ0) is 12.6. The van der Waals surface area contributed by atoms with Crippen LogP contribution in [-0.2, 0) is 0 Å². The van der Waals surface area contributed by atoms with Gasteiger partial charge in [-0.05, 0) is 40.2 Å². The molecule has 0 bridgehead atoms. The molecule has 2 aromatic rings. The van der Waals surface area contributed by atoms with Crippen molar-refractivity contribution in [2.24, 2.45) is 0 Å². The first-order valence-electron chi connectivity index (χ1n) is 4.69. The van der Waals surface area contributed by atoms with Gasteiger partial charge < -0.3 is 5.73 Å². The smallest absolute Gasteiger partial charge is 0.148 e. The van der Waals surface area contributed by atoms with E-state index in [0.717, 1.165) is 0 Å². The lowest BCUT2D eigenvalue weighted by Gasteiger charge is -2.09. The molecule has 0 atom stereocenters. The molecule has 0 saturated carbocycles. The van der Waals surface area contributed by atoms with Crippen molar-refractivity contribution in [3.8, 4) is 11.1 Å². The van der Waals surface area contributed by atoms with Crippen LogP contribution in [0.4, 0.5) is 14.5 Å². The molecule has 0 heterocycles. The summed E-state index contributed by atoms with van der Waals surface area (Å²) in [7, 11) is 0. The Bertz CT molecular complexity index is 587. The van der Waals surface area contributed by atoms with Gasteiger partial charge in [0.25, 0.3) is 0 Å². The third kappa shape index (κ3) is 2.28. The van der Waals surface area contributed by atoms with Gasteiger partial charge >= 0.3 is 0 Å². The van der Waals surface area contributed by atoms with E-state index >= 15 is 0 Å².